The lowest BCUT2D eigenvalue weighted by molar-refractivity contribution is -0.141. The Morgan fingerprint density at radius 3 is 2.47 bits per heavy atom. The molecule has 0 amide bonds. The molecule has 0 N–H and O–H groups in total. The number of rotatable bonds is 5. The molecule has 0 bridgehead atoms. The van der Waals surface area contributed by atoms with Crippen molar-refractivity contribution in [2.75, 3.05) is 14.2 Å². The van der Waals surface area contributed by atoms with Gasteiger partial charge in [-0.25, -0.2) is 4.79 Å². The van der Waals surface area contributed by atoms with Gasteiger partial charge >= 0.3 is 5.97 Å². The summed E-state index contributed by atoms with van der Waals surface area (Å²) >= 11 is 0. The highest BCUT2D eigenvalue weighted by Crippen LogP contribution is 2.23. The van der Waals surface area contributed by atoms with Crippen LogP contribution in [0.5, 0.6) is 5.75 Å². The van der Waals surface area contributed by atoms with Crippen LogP contribution in [-0.4, -0.2) is 26.3 Å². The number of methoxy groups -OCH3 is 2. The van der Waals surface area contributed by atoms with Crippen molar-refractivity contribution in [3.05, 3.63) is 29.8 Å². The third kappa shape index (κ3) is 3.74. The van der Waals surface area contributed by atoms with E-state index < -0.39 is 12.0 Å². The summed E-state index contributed by atoms with van der Waals surface area (Å²) in [7, 11) is 2.85. The van der Waals surface area contributed by atoms with Crippen molar-refractivity contribution in [2.45, 2.75) is 12.5 Å². The lowest BCUT2D eigenvalue weighted by atomic mass is 10.0. The third-order valence-electron chi connectivity index (χ3n) is 2.30. The van der Waals surface area contributed by atoms with E-state index in [-0.39, 0.29) is 6.42 Å². The molecule has 1 atom stereocenters. The van der Waals surface area contributed by atoms with E-state index in [9.17, 15) is 9.59 Å². The Labute approximate surface area is 99.1 Å². The SMILES string of the molecule is COC(=O)C[C@H](N=C=O)c1ccc(OC)cc1. The van der Waals surface area contributed by atoms with Crippen LogP contribution in [0.2, 0.25) is 0 Å². The van der Waals surface area contributed by atoms with Crippen LogP contribution in [0.3, 0.4) is 0 Å². The van der Waals surface area contributed by atoms with Crippen molar-refractivity contribution >= 4 is 12.0 Å². The molecule has 0 saturated heterocycles. The molecule has 0 unspecified atom stereocenters. The van der Waals surface area contributed by atoms with Gasteiger partial charge in [-0.1, -0.05) is 12.1 Å². The molecule has 0 aliphatic rings. The fraction of sp³-hybridized carbons (Fsp3) is 0.333. The first-order valence-corrected chi connectivity index (χ1v) is 4.99. The predicted molar refractivity (Wildman–Crippen MR) is 60.5 cm³/mol. The Morgan fingerprint density at radius 1 is 1.35 bits per heavy atom. The summed E-state index contributed by atoms with van der Waals surface area (Å²) < 4.78 is 9.55. The molecule has 0 fully saturated rings. The fourth-order valence-electron chi connectivity index (χ4n) is 1.37. The van der Waals surface area contributed by atoms with E-state index in [0.29, 0.717) is 5.75 Å². The van der Waals surface area contributed by atoms with Crippen molar-refractivity contribution in [3.63, 3.8) is 0 Å². The second-order valence-electron chi connectivity index (χ2n) is 3.29. The molecule has 0 radical (unpaired) electrons. The zero-order chi connectivity index (χ0) is 12.7. The summed E-state index contributed by atoms with van der Waals surface area (Å²) in [5, 5.41) is 0. The molecule has 0 aromatic heterocycles. The van der Waals surface area contributed by atoms with Crippen molar-refractivity contribution in [1.29, 1.82) is 0 Å². The van der Waals surface area contributed by atoms with E-state index in [1.807, 2.05) is 0 Å². The number of esters is 1. The van der Waals surface area contributed by atoms with E-state index in [4.69, 9.17) is 4.74 Å². The molecule has 5 heteroatoms. The Morgan fingerprint density at radius 2 is 2.00 bits per heavy atom. The van der Waals surface area contributed by atoms with Crippen molar-refractivity contribution in [1.82, 2.24) is 0 Å². The van der Waals surface area contributed by atoms with Crippen LogP contribution in [0.25, 0.3) is 0 Å². The number of aliphatic imine (C=N–C) groups is 1. The number of ether oxygens (including phenoxy) is 2. The molecule has 1 rings (SSSR count). The molecule has 1 aromatic rings. The molecule has 0 spiro atoms. The maximum absolute atomic E-state index is 11.2. The zero-order valence-corrected chi connectivity index (χ0v) is 9.67. The summed E-state index contributed by atoms with van der Waals surface area (Å²) in [5.74, 6) is 0.269. The van der Waals surface area contributed by atoms with Gasteiger partial charge in [0.25, 0.3) is 0 Å². The summed E-state index contributed by atoms with van der Waals surface area (Å²) in [4.78, 5) is 25.1. The number of isocyanates is 1. The first-order valence-electron chi connectivity index (χ1n) is 4.99. The van der Waals surface area contributed by atoms with Gasteiger partial charge in [0.15, 0.2) is 0 Å². The second-order valence-corrected chi connectivity index (χ2v) is 3.29. The Kier molecular flexibility index (Phi) is 4.91. The zero-order valence-electron chi connectivity index (χ0n) is 9.67. The minimum absolute atomic E-state index is 0.0120. The number of carbonyl (C=O) groups excluding carboxylic acids is 2. The van der Waals surface area contributed by atoms with E-state index in [0.717, 1.165) is 5.56 Å². The average Bonchev–Trinajstić information content (AvgIpc) is 2.38. The number of hydrogen-bond donors (Lipinski definition) is 0. The van der Waals surface area contributed by atoms with Gasteiger partial charge in [0, 0.05) is 0 Å². The minimum Gasteiger partial charge on any atom is -0.497 e. The number of benzene rings is 1. The van der Waals surface area contributed by atoms with Crippen LogP contribution < -0.4 is 4.74 Å². The first-order chi connectivity index (χ1) is 8.21. The van der Waals surface area contributed by atoms with Crippen LogP contribution in [0.4, 0.5) is 0 Å². The second kappa shape index (κ2) is 6.45. The minimum atomic E-state index is -0.564. The lowest BCUT2D eigenvalue weighted by Gasteiger charge is -2.10. The van der Waals surface area contributed by atoms with Gasteiger partial charge in [-0.05, 0) is 17.7 Å². The van der Waals surface area contributed by atoms with Crippen LogP contribution >= 0.6 is 0 Å². The van der Waals surface area contributed by atoms with Gasteiger partial charge < -0.3 is 9.47 Å². The average molecular weight is 235 g/mol. The molecule has 5 nitrogen and oxygen atoms in total. The smallest absolute Gasteiger partial charge is 0.308 e. The summed E-state index contributed by atoms with van der Waals surface area (Å²) in [5.41, 5.74) is 0.736. The summed E-state index contributed by atoms with van der Waals surface area (Å²) in [6.45, 7) is 0. The summed E-state index contributed by atoms with van der Waals surface area (Å²) in [6.07, 6.45) is 1.47. The fourth-order valence-corrected chi connectivity index (χ4v) is 1.37. The van der Waals surface area contributed by atoms with Gasteiger partial charge in [-0.15, -0.1) is 0 Å². The first kappa shape index (κ1) is 12.9. The maximum Gasteiger partial charge on any atom is 0.308 e. The molecule has 1 aromatic carbocycles. The Hall–Kier alpha value is -2.13. The van der Waals surface area contributed by atoms with Gasteiger partial charge in [0.05, 0.1) is 26.7 Å². The standard InChI is InChI=1S/C12H13NO4/c1-16-10-5-3-9(4-6-10)11(13-8-14)7-12(15)17-2/h3-6,11H,7H2,1-2H3/t11-/m0/s1. The topological polar surface area (TPSA) is 65.0 Å². The Balaban J connectivity index is 2.88. The molecule has 17 heavy (non-hydrogen) atoms. The highest BCUT2D eigenvalue weighted by Gasteiger charge is 2.15. The molecular weight excluding hydrogens is 222 g/mol. The van der Waals surface area contributed by atoms with Crippen molar-refractivity contribution in [3.8, 4) is 5.75 Å². The van der Waals surface area contributed by atoms with E-state index in [1.165, 1.54) is 13.2 Å². The van der Waals surface area contributed by atoms with Crippen LogP contribution in [0, 0.1) is 0 Å². The Bertz CT molecular complexity index is 421. The lowest BCUT2D eigenvalue weighted by Crippen LogP contribution is -2.07. The molecule has 0 heterocycles. The molecule has 0 saturated carbocycles. The highest BCUT2D eigenvalue weighted by atomic mass is 16.5. The van der Waals surface area contributed by atoms with Crippen molar-refractivity contribution < 1.29 is 19.1 Å². The van der Waals surface area contributed by atoms with Gasteiger partial charge in [0.1, 0.15) is 5.75 Å². The number of carbonyl (C=O) groups is 1. The molecule has 0 aliphatic heterocycles. The van der Waals surface area contributed by atoms with E-state index >= 15 is 0 Å². The molecule has 90 valence electrons. The maximum atomic E-state index is 11.2. The van der Waals surface area contributed by atoms with Gasteiger partial charge in [-0.2, -0.15) is 4.99 Å². The van der Waals surface area contributed by atoms with Crippen LogP contribution in [0.1, 0.15) is 18.0 Å². The molecule has 0 aliphatic carbocycles. The highest BCUT2D eigenvalue weighted by molar-refractivity contribution is 5.70. The van der Waals surface area contributed by atoms with E-state index in [2.05, 4.69) is 9.73 Å². The normalized spacial score (nSPS) is 11.2. The monoisotopic (exact) mass is 235 g/mol. The van der Waals surface area contributed by atoms with Crippen LogP contribution in [-0.2, 0) is 14.3 Å². The molecular formula is C12H13NO4. The third-order valence-corrected chi connectivity index (χ3v) is 2.30. The van der Waals surface area contributed by atoms with Gasteiger partial charge in [-0.3, -0.25) is 4.79 Å². The van der Waals surface area contributed by atoms with E-state index in [1.54, 1.807) is 31.4 Å². The number of hydrogen-bond acceptors (Lipinski definition) is 5. The summed E-state index contributed by atoms with van der Waals surface area (Å²) in [6, 6.07) is 6.39. The predicted octanol–water partition coefficient (Wildman–Crippen LogP) is 1.64. The van der Waals surface area contributed by atoms with Gasteiger partial charge in [0.2, 0.25) is 6.08 Å². The van der Waals surface area contributed by atoms with Crippen molar-refractivity contribution in [2.24, 2.45) is 4.99 Å². The van der Waals surface area contributed by atoms with Crippen LogP contribution in [0.15, 0.2) is 29.3 Å². The quantitative estimate of drug-likeness (QED) is 0.442. The number of nitrogens with zero attached hydrogens (tertiary/aromatic N) is 1. The largest absolute Gasteiger partial charge is 0.497 e.